The molecule has 3 N–H and O–H groups in total. The number of nitrogens with zero attached hydrogens (tertiary/aromatic N) is 6. The fraction of sp³-hybridized carbons (Fsp3) is 0.455. The number of carbonyl (C=O) groups excluding carboxylic acids is 1. The maximum absolute atomic E-state index is 16.9. The van der Waals surface area contributed by atoms with Crippen molar-refractivity contribution < 1.29 is 31.5 Å². The summed E-state index contributed by atoms with van der Waals surface area (Å²) in [5, 5.41) is 13.4. The maximum Gasteiger partial charge on any atom is 0.320 e. The molecule has 17 heteroatoms. The van der Waals surface area contributed by atoms with Crippen molar-refractivity contribution in [3.05, 3.63) is 40.4 Å². The SMILES string of the molecule is N#Cc1c(N)sc2c(F)ccc(-c3c(Cl)cc4c(N[C@@H]5CCN(C(=O)N6CC(F)(F)C6)C5)nc(OC[C@@]56CCCN5C[C@H](F)C6)nc4c3F)c12. The average molecular weight is 733 g/mol. The highest BCUT2D eigenvalue weighted by Gasteiger charge is 2.50. The number of nitrogen functional groups attached to an aromatic ring is 1. The Hall–Kier alpha value is -4.20. The van der Waals surface area contributed by atoms with E-state index in [9.17, 15) is 27.6 Å². The van der Waals surface area contributed by atoms with Crippen LogP contribution >= 0.6 is 22.9 Å². The highest BCUT2D eigenvalue weighted by Crippen LogP contribution is 2.46. The molecular weight excluding hydrogens is 703 g/mol. The number of nitrogens with two attached hydrogens (primary N) is 1. The zero-order valence-corrected chi connectivity index (χ0v) is 28.0. The molecule has 10 nitrogen and oxygen atoms in total. The molecule has 262 valence electrons. The molecule has 4 aliphatic heterocycles. The number of halogens is 6. The Bertz CT molecular complexity index is 2100. The van der Waals surface area contributed by atoms with Crippen molar-refractivity contribution in [1.29, 1.82) is 5.26 Å². The van der Waals surface area contributed by atoms with Gasteiger partial charge in [0.1, 0.15) is 41.0 Å². The van der Waals surface area contributed by atoms with Crippen molar-refractivity contribution in [1.82, 2.24) is 24.7 Å². The Morgan fingerprint density at radius 3 is 2.76 bits per heavy atom. The van der Waals surface area contributed by atoms with E-state index in [0.717, 1.165) is 41.7 Å². The second-order valence-corrected chi connectivity index (χ2v) is 14.9. The fourth-order valence-corrected chi connectivity index (χ4v) is 9.09. The van der Waals surface area contributed by atoms with Crippen LogP contribution < -0.4 is 15.8 Å². The Morgan fingerprint density at radius 2 is 2.00 bits per heavy atom. The molecule has 4 aliphatic rings. The van der Waals surface area contributed by atoms with E-state index in [4.69, 9.17) is 22.1 Å². The van der Waals surface area contributed by atoms with Crippen LogP contribution in [0.2, 0.25) is 5.02 Å². The predicted octanol–water partition coefficient (Wildman–Crippen LogP) is 6.41. The third-order valence-corrected chi connectivity index (χ3v) is 11.5. The minimum Gasteiger partial charge on any atom is -0.461 e. The van der Waals surface area contributed by atoms with Gasteiger partial charge >= 0.3 is 12.0 Å². The molecule has 4 saturated heterocycles. The summed E-state index contributed by atoms with van der Waals surface area (Å²) in [7, 11) is 0. The van der Waals surface area contributed by atoms with E-state index in [0.29, 0.717) is 25.9 Å². The molecule has 2 amide bonds. The summed E-state index contributed by atoms with van der Waals surface area (Å²) in [5.74, 6) is -4.24. The lowest BCUT2D eigenvalue weighted by Crippen LogP contribution is -2.61. The number of benzene rings is 2. The number of aromatic nitrogens is 2. The Balaban J connectivity index is 1.18. The van der Waals surface area contributed by atoms with E-state index >= 15 is 4.39 Å². The summed E-state index contributed by atoms with van der Waals surface area (Å²) in [6.07, 6.45) is 1.35. The van der Waals surface area contributed by atoms with E-state index in [1.807, 2.05) is 6.07 Å². The topological polar surface area (TPSA) is 124 Å². The van der Waals surface area contributed by atoms with Gasteiger partial charge in [-0.25, -0.2) is 26.7 Å². The number of fused-ring (bicyclic) bond motifs is 3. The van der Waals surface area contributed by atoms with E-state index in [-0.39, 0.29) is 78.7 Å². The summed E-state index contributed by atoms with van der Waals surface area (Å²) in [6.45, 7) is 0.338. The average Bonchev–Trinajstić information content (AvgIpc) is 3.82. The summed E-state index contributed by atoms with van der Waals surface area (Å²) in [6, 6.07) is 4.87. The Kier molecular flexibility index (Phi) is 7.88. The molecule has 0 unspecified atom stereocenters. The molecule has 4 aromatic rings. The van der Waals surface area contributed by atoms with Crippen LogP contribution in [0.15, 0.2) is 18.2 Å². The summed E-state index contributed by atoms with van der Waals surface area (Å²) >= 11 is 7.63. The van der Waals surface area contributed by atoms with Gasteiger partial charge in [-0.2, -0.15) is 15.2 Å². The molecule has 0 spiro atoms. The van der Waals surface area contributed by atoms with Gasteiger partial charge in [-0.15, -0.1) is 11.3 Å². The van der Waals surface area contributed by atoms with Crippen LogP contribution in [-0.2, 0) is 0 Å². The number of likely N-dealkylation sites (tertiary alicyclic amines) is 2. The van der Waals surface area contributed by atoms with Gasteiger partial charge in [0.25, 0.3) is 5.92 Å². The zero-order valence-electron chi connectivity index (χ0n) is 26.4. The number of nitriles is 1. The summed E-state index contributed by atoms with van der Waals surface area (Å²) in [4.78, 5) is 26.5. The van der Waals surface area contributed by atoms with Gasteiger partial charge in [0.2, 0.25) is 0 Å². The molecule has 0 saturated carbocycles. The van der Waals surface area contributed by atoms with Crippen molar-refractivity contribution in [2.75, 3.05) is 56.9 Å². The number of hydrogen-bond donors (Lipinski definition) is 2. The van der Waals surface area contributed by atoms with Gasteiger partial charge in [0.15, 0.2) is 5.82 Å². The number of hydrogen-bond acceptors (Lipinski definition) is 9. The van der Waals surface area contributed by atoms with Crippen LogP contribution in [0.1, 0.15) is 31.2 Å². The van der Waals surface area contributed by atoms with Crippen molar-refractivity contribution >= 4 is 60.8 Å². The first-order chi connectivity index (χ1) is 23.9. The number of amides is 2. The van der Waals surface area contributed by atoms with Crippen molar-refractivity contribution in [2.24, 2.45) is 0 Å². The van der Waals surface area contributed by atoms with Gasteiger partial charge in [0, 0.05) is 48.4 Å². The largest absolute Gasteiger partial charge is 0.461 e. The lowest BCUT2D eigenvalue weighted by atomic mass is 9.95. The van der Waals surface area contributed by atoms with Gasteiger partial charge in [-0.3, -0.25) is 4.90 Å². The molecule has 2 aromatic carbocycles. The normalized spacial score (nSPS) is 24.5. The van der Waals surface area contributed by atoms with Crippen LogP contribution in [0.5, 0.6) is 6.01 Å². The van der Waals surface area contributed by atoms with E-state index in [1.165, 1.54) is 17.0 Å². The number of nitrogens with one attached hydrogen (secondary N) is 1. The molecule has 3 atom stereocenters. The zero-order chi connectivity index (χ0) is 35.1. The number of urea groups is 1. The van der Waals surface area contributed by atoms with Crippen LogP contribution in [-0.4, -0.2) is 100 Å². The number of anilines is 2. The van der Waals surface area contributed by atoms with E-state index in [2.05, 4.69) is 20.2 Å². The first kappa shape index (κ1) is 33.0. The van der Waals surface area contributed by atoms with Crippen molar-refractivity contribution in [3.8, 4) is 23.2 Å². The van der Waals surface area contributed by atoms with Crippen molar-refractivity contribution in [2.45, 2.75) is 49.4 Å². The standard InChI is InChI=1S/C33H30ClF5N8O2S/c34-21-8-19-26(25(37)24(21)18-2-3-22(36)27-23(18)20(10-40)28(41)50-27)43-30(49-15-32-5-1-6-47(32)11-16(35)9-32)44-29(19)42-17-4-7-45(12-17)31(48)46-13-33(38,39)14-46/h2-3,8,16-17H,1,4-7,9,11-15,41H2,(H,42,43,44)/t16-,17-,32+/m1/s1. The molecule has 6 heterocycles. The monoisotopic (exact) mass is 732 g/mol. The molecule has 8 rings (SSSR count). The quantitative estimate of drug-likeness (QED) is 0.218. The predicted molar refractivity (Wildman–Crippen MR) is 178 cm³/mol. The summed E-state index contributed by atoms with van der Waals surface area (Å²) in [5.41, 5.74) is 5.32. The highest BCUT2D eigenvalue weighted by atomic mass is 35.5. The number of carbonyl (C=O) groups is 1. The molecule has 0 radical (unpaired) electrons. The molecule has 0 aliphatic carbocycles. The molecule has 50 heavy (non-hydrogen) atoms. The van der Waals surface area contributed by atoms with E-state index in [1.54, 1.807) is 0 Å². The molecule has 2 aromatic heterocycles. The van der Waals surface area contributed by atoms with Gasteiger partial charge < -0.3 is 25.6 Å². The van der Waals surface area contributed by atoms with Gasteiger partial charge in [0.05, 0.1) is 33.9 Å². The first-order valence-electron chi connectivity index (χ1n) is 16.2. The second-order valence-electron chi connectivity index (χ2n) is 13.5. The minimum absolute atomic E-state index is 0.00508. The number of rotatable bonds is 6. The third kappa shape index (κ3) is 5.41. The fourth-order valence-electron chi connectivity index (χ4n) is 7.85. The van der Waals surface area contributed by atoms with Crippen molar-refractivity contribution in [3.63, 3.8) is 0 Å². The van der Waals surface area contributed by atoms with Crippen LogP contribution in [0.4, 0.5) is 37.6 Å². The van der Waals surface area contributed by atoms with Crippen LogP contribution in [0, 0.1) is 23.0 Å². The highest BCUT2D eigenvalue weighted by molar-refractivity contribution is 7.23. The Labute approximate surface area is 291 Å². The summed E-state index contributed by atoms with van der Waals surface area (Å²) < 4.78 is 79.3. The van der Waals surface area contributed by atoms with E-state index < -0.39 is 48.4 Å². The number of alkyl halides is 3. The minimum atomic E-state index is -2.89. The smallest absolute Gasteiger partial charge is 0.320 e. The number of thiophene rings is 1. The first-order valence-corrected chi connectivity index (χ1v) is 17.4. The lowest BCUT2D eigenvalue weighted by Gasteiger charge is -2.40. The van der Waals surface area contributed by atoms with Gasteiger partial charge in [-0.05, 0) is 43.5 Å². The van der Waals surface area contributed by atoms with Crippen LogP contribution in [0.25, 0.3) is 32.1 Å². The van der Waals surface area contributed by atoms with Gasteiger partial charge in [-0.1, -0.05) is 17.7 Å². The number of ether oxygens (including phenoxy) is 1. The van der Waals surface area contributed by atoms with Crippen LogP contribution in [0.3, 0.4) is 0 Å². The third-order valence-electron chi connectivity index (χ3n) is 10.2. The maximum atomic E-state index is 16.9. The molecule has 4 fully saturated rings. The molecular formula is C33H30ClF5N8O2S. The lowest BCUT2D eigenvalue weighted by molar-refractivity contribution is -0.113. The second kappa shape index (κ2) is 12.0. The Morgan fingerprint density at radius 1 is 1.20 bits per heavy atom. The molecule has 0 bridgehead atoms.